The van der Waals surface area contributed by atoms with Crippen molar-refractivity contribution in [3.05, 3.63) is 0 Å². The molecule has 0 unspecified atom stereocenters. The summed E-state index contributed by atoms with van der Waals surface area (Å²) in [5, 5.41) is 0.709. The molecule has 0 fully saturated rings. The highest BCUT2D eigenvalue weighted by atomic mass is 79.9. The van der Waals surface area contributed by atoms with E-state index >= 15 is 0 Å². The average Bonchev–Trinajstić information content (AvgIpc) is 2.13. The lowest BCUT2D eigenvalue weighted by atomic mass is 10.5. The van der Waals surface area contributed by atoms with Crippen LogP contribution in [-0.2, 0) is 18.1 Å². The van der Waals surface area contributed by atoms with Gasteiger partial charge in [-0.3, -0.25) is 13.6 Å². The first-order chi connectivity index (χ1) is 5.58. The summed E-state index contributed by atoms with van der Waals surface area (Å²) < 4.78 is 25.3. The topological polar surface area (TPSA) is 44.8 Å². The van der Waals surface area contributed by atoms with Crippen LogP contribution in [0.3, 0.4) is 0 Å². The van der Waals surface area contributed by atoms with Gasteiger partial charge >= 0.3 is 7.82 Å². The van der Waals surface area contributed by atoms with Crippen LogP contribution in [0.25, 0.3) is 0 Å². The Morgan fingerprint density at radius 3 is 2.25 bits per heavy atom. The molecule has 0 aromatic rings. The lowest BCUT2D eigenvalue weighted by Crippen LogP contribution is -2.09. The number of hydrogen-bond donors (Lipinski definition) is 0. The van der Waals surface area contributed by atoms with Crippen LogP contribution in [0.5, 0.6) is 0 Å². The Hall–Kier alpha value is 1.07. The highest BCUT2D eigenvalue weighted by molar-refractivity contribution is 9.12. The largest absolute Gasteiger partial charge is 0.474 e. The second-order valence-electron chi connectivity index (χ2n) is 1.86. The third-order valence-electron chi connectivity index (χ3n) is 1.03. The fraction of sp³-hybridized carbons (Fsp3) is 1.00. The number of hydrogen-bond acceptors (Lipinski definition) is 4. The SMILES string of the molecule is COP(=O)(OC)OC[C@@H](Br)CBr. The van der Waals surface area contributed by atoms with E-state index in [1.54, 1.807) is 0 Å². The first-order valence-electron chi connectivity index (χ1n) is 3.14. The molecular formula is C5H11Br2O4P. The lowest BCUT2D eigenvalue weighted by Gasteiger charge is -2.14. The molecule has 0 rings (SSSR count). The van der Waals surface area contributed by atoms with E-state index in [1.807, 2.05) is 0 Å². The summed E-state index contributed by atoms with van der Waals surface area (Å²) >= 11 is 6.51. The Labute approximate surface area is 88.8 Å². The van der Waals surface area contributed by atoms with Gasteiger partial charge in [0.2, 0.25) is 0 Å². The van der Waals surface area contributed by atoms with Crippen molar-refractivity contribution < 1.29 is 18.1 Å². The Kier molecular flexibility index (Phi) is 7.09. The van der Waals surface area contributed by atoms with E-state index in [-0.39, 0.29) is 11.4 Å². The predicted octanol–water partition coefficient (Wildman–Crippen LogP) is 2.56. The molecule has 0 aliphatic rings. The molecule has 12 heavy (non-hydrogen) atoms. The van der Waals surface area contributed by atoms with E-state index in [2.05, 4.69) is 40.9 Å². The minimum atomic E-state index is -3.30. The Balaban J connectivity index is 3.81. The lowest BCUT2D eigenvalue weighted by molar-refractivity contribution is 0.154. The maximum absolute atomic E-state index is 11.3. The minimum Gasteiger partial charge on any atom is -0.290 e. The molecule has 0 aliphatic heterocycles. The maximum Gasteiger partial charge on any atom is 0.474 e. The van der Waals surface area contributed by atoms with Crippen molar-refractivity contribution in [2.24, 2.45) is 0 Å². The molecule has 0 aromatic heterocycles. The van der Waals surface area contributed by atoms with E-state index in [1.165, 1.54) is 14.2 Å². The Morgan fingerprint density at radius 2 is 1.92 bits per heavy atom. The molecule has 1 atom stereocenters. The van der Waals surface area contributed by atoms with E-state index in [9.17, 15) is 4.57 Å². The molecule has 0 amide bonds. The van der Waals surface area contributed by atoms with Crippen LogP contribution in [0.4, 0.5) is 0 Å². The molecule has 0 saturated carbocycles. The molecule has 7 heteroatoms. The van der Waals surface area contributed by atoms with Gasteiger partial charge in [0.05, 0.1) is 6.61 Å². The van der Waals surface area contributed by atoms with Crippen LogP contribution in [0.2, 0.25) is 0 Å². The first kappa shape index (κ1) is 13.1. The molecule has 0 saturated heterocycles. The van der Waals surface area contributed by atoms with E-state index in [0.717, 1.165) is 0 Å². The van der Waals surface area contributed by atoms with Gasteiger partial charge in [0.15, 0.2) is 0 Å². The van der Waals surface area contributed by atoms with Crippen molar-refractivity contribution in [2.75, 3.05) is 26.2 Å². The van der Waals surface area contributed by atoms with Crippen LogP contribution < -0.4 is 0 Å². The van der Waals surface area contributed by atoms with E-state index in [0.29, 0.717) is 5.33 Å². The van der Waals surface area contributed by atoms with Gasteiger partial charge in [0.1, 0.15) is 0 Å². The Morgan fingerprint density at radius 1 is 1.42 bits per heavy atom. The monoisotopic (exact) mass is 324 g/mol. The van der Waals surface area contributed by atoms with E-state index < -0.39 is 7.82 Å². The van der Waals surface area contributed by atoms with Crippen molar-refractivity contribution >= 4 is 39.7 Å². The van der Waals surface area contributed by atoms with E-state index in [4.69, 9.17) is 4.52 Å². The summed E-state index contributed by atoms with van der Waals surface area (Å²) in [5.41, 5.74) is 0. The minimum absolute atomic E-state index is 0.0936. The number of phosphoric ester groups is 1. The molecule has 0 spiro atoms. The van der Waals surface area contributed by atoms with Crippen molar-refractivity contribution in [1.82, 2.24) is 0 Å². The number of phosphoric acid groups is 1. The highest BCUT2D eigenvalue weighted by Crippen LogP contribution is 2.47. The summed E-state index contributed by atoms with van der Waals surface area (Å²) in [4.78, 5) is 0.0936. The summed E-state index contributed by atoms with van der Waals surface area (Å²) in [5.74, 6) is 0. The number of alkyl halides is 2. The summed E-state index contributed by atoms with van der Waals surface area (Å²) in [7, 11) is -0.740. The van der Waals surface area contributed by atoms with Crippen molar-refractivity contribution in [2.45, 2.75) is 4.83 Å². The smallest absolute Gasteiger partial charge is 0.290 e. The molecule has 0 bridgehead atoms. The third-order valence-corrected chi connectivity index (χ3v) is 4.63. The Bertz CT molecular complexity index is 158. The zero-order chi connectivity index (χ0) is 9.61. The van der Waals surface area contributed by atoms with Gasteiger partial charge in [0, 0.05) is 24.4 Å². The molecule has 0 N–H and O–H groups in total. The van der Waals surface area contributed by atoms with Gasteiger partial charge in [0.25, 0.3) is 0 Å². The van der Waals surface area contributed by atoms with Crippen LogP contribution in [0, 0.1) is 0 Å². The normalized spacial score (nSPS) is 14.7. The predicted molar refractivity (Wildman–Crippen MR) is 54.1 cm³/mol. The van der Waals surface area contributed by atoms with Crippen LogP contribution in [0.1, 0.15) is 0 Å². The number of rotatable bonds is 6. The van der Waals surface area contributed by atoms with Gasteiger partial charge in [-0.1, -0.05) is 31.9 Å². The summed E-state index contributed by atoms with van der Waals surface area (Å²) in [6, 6.07) is 0. The standard InChI is InChI=1S/C5H11Br2O4P/c1-9-12(8,10-2)11-4-5(7)3-6/h5H,3-4H2,1-2H3/t5-/m0/s1. The molecular weight excluding hydrogens is 315 g/mol. The fourth-order valence-electron chi connectivity index (χ4n) is 0.397. The average molecular weight is 326 g/mol. The van der Waals surface area contributed by atoms with Crippen LogP contribution in [0.15, 0.2) is 0 Å². The molecule has 4 nitrogen and oxygen atoms in total. The molecule has 74 valence electrons. The van der Waals surface area contributed by atoms with Gasteiger partial charge < -0.3 is 0 Å². The third kappa shape index (κ3) is 4.94. The number of halogens is 2. The second-order valence-corrected chi connectivity index (χ2v) is 5.69. The zero-order valence-corrected chi connectivity index (χ0v) is 10.9. The van der Waals surface area contributed by atoms with Crippen LogP contribution >= 0.6 is 39.7 Å². The van der Waals surface area contributed by atoms with Crippen molar-refractivity contribution in [3.63, 3.8) is 0 Å². The zero-order valence-electron chi connectivity index (χ0n) is 6.83. The van der Waals surface area contributed by atoms with Crippen LogP contribution in [-0.4, -0.2) is 31.0 Å². The molecule has 0 aromatic carbocycles. The highest BCUT2D eigenvalue weighted by Gasteiger charge is 2.23. The van der Waals surface area contributed by atoms with Gasteiger partial charge in [-0.05, 0) is 0 Å². The van der Waals surface area contributed by atoms with Gasteiger partial charge in [-0.25, -0.2) is 4.57 Å². The molecule has 0 aliphatic carbocycles. The van der Waals surface area contributed by atoms with Crippen molar-refractivity contribution in [3.8, 4) is 0 Å². The van der Waals surface area contributed by atoms with Gasteiger partial charge in [-0.2, -0.15) is 0 Å². The molecule has 0 radical (unpaired) electrons. The van der Waals surface area contributed by atoms with Crippen molar-refractivity contribution in [1.29, 1.82) is 0 Å². The fourth-order valence-corrected chi connectivity index (χ4v) is 1.64. The quantitative estimate of drug-likeness (QED) is 0.556. The first-order valence-corrected chi connectivity index (χ1v) is 6.64. The summed E-state index contributed by atoms with van der Waals surface area (Å²) in [6.45, 7) is 0.268. The van der Waals surface area contributed by atoms with Gasteiger partial charge in [-0.15, -0.1) is 0 Å². The summed E-state index contributed by atoms with van der Waals surface area (Å²) in [6.07, 6.45) is 0. The maximum atomic E-state index is 11.3. The second kappa shape index (κ2) is 6.51. The molecule has 0 heterocycles.